The molecule has 0 aliphatic carbocycles. The summed E-state index contributed by atoms with van der Waals surface area (Å²) in [6.45, 7) is 5.30. The zero-order valence-corrected chi connectivity index (χ0v) is 14.4. The largest absolute Gasteiger partial charge is 0.460 e. The molecule has 2 heterocycles. The molecule has 0 spiro atoms. The van der Waals surface area contributed by atoms with Crippen molar-refractivity contribution in [3.63, 3.8) is 0 Å². The molecule has 3 rings (SSSR count). The Morgan fingerprint density at radius 3 is 2.52 bits per heavy atom. The van der Waals surface area contributed by atoms with Gasteiger partial charge in [-0.15, -0.1) is 5.10 Å². The van der Waals surface area contributed by atoms with Gasteiger partial charge >= 0.3 is 0 Å². The van der Waals surface area contributed by atoms with Gasteiger partial charge in [-0.25, -0.2) is 9.67 Å². The number of anilines is 1. The van der Waals surface area contributed by atoms with Crippen LogP contribution >= 0.6 is 0 Å². The maximum Gasteiger partial charge on any atom is 0.269 e. The lowest BCUT2D eigenvalue weighted by Gasteiger charge is -2.24. The molecule has 1 amide bonds. The SMILES string of the molecule is Cc1cn(-c2ccccc2)nc1OC(C)(C)C(=O)Nc1ccccn1. The fourth-order valence-electron chi connectivity index (χ4n) is 2.25. The van der Waals surface area contributed by atoms with Crippen LogP contribution in [-0.4, -0.2) is 26.3 Å². The molecule has 6 heteroatoms. The van der Waals surface area contributed by atoms with Crippen LogP contribution in [0.5, 0.6) is 5.88 Å². The number of ether oxygens (including phenoxy) is 1. The number of rotatable bonds is 5. The zero-order valence-electron chi connectivity index (χ0n) is 14.4. The van der Waals surface area contributed by atoms with Gasteiger partial charge in [-0.1, -0.05) is 24.3 Å². The van der Waals surface area contributed by atoms with Crippen molar-refractivity contribution in [2.45, 2.75) is 26.4 Å². The van der Waals surface area contributed by atoms with Gasteiger partial charge in [-0.3, -0.25) is 4.79 Å². The maximum atomic E-state index is 12.5. The van der Waals surface area contributed by atoms with Crippen LogP contribution in [0.3, 0.4) is 0 Å². The van der Waals surface area contributed by atoms with E-state index in [2.05, 4.69) is 15.4 Å². The van der Waals surface area contributed by atoms with E-state index >= 15 is 0 Å². The van der Waals surface area contributed by atoms with E-state index < -0.39 is 5.60 Å². The summed E-state index contributed by atoms with van der Waals surface area (Å²) in [7, 11) is 0. The third-order valence-corrected chi connectivity index (χ3v) is 3.68. The van der Waals surface area contributed by atoms with E-state index in [9.17, 15) is 4.79 Å². The molecular weight excluding hydrogens is 316 g/mol. The minimum atomic E-state index is -1.10. The molecule has 0 bridgehead atoms. The molecule has 0 aliphatic rings. The van der Waals surface area contributed by atoms with Gasteiger partial charge in [0.2, 0.25) is 5.88 Å². The Hall–Kier alpha value is -3.15. The molecule has 1 N–H and O–H groups in total. The smallest absolute Gasteiger partial charge is 0.269 e. The summed E-state index contributed by atoms with van der Waals surface area (Å²) in [6.07, 6.45) is 3.49. The molecule has 0 atom stereocenters. The third-order valence-electron chi connectivity index (χ3n) is 3.68. The van der Waals surface area contributed by atoms with Gasteiger partial charge in [0.05, 0.1) is 5.69 Å². The Kier molecular flexibility index (Phi) is 4.52. The molecule has 2 aromatic heterocycles. The second-order valence-electron chi connectivity index (χ2n) is 6.18. The summed E-state index contributed by atoms with van der Waals surface area (Å²) in [5.74, 6) is 0.612. The van der Waals surface area contributed by atoms with Crippen LogP contribution in [0, 0.1) is 6.92 Å². The van der Waals surface area contributed by atoms with Crippen molar-refractivity contribution in [1.82, 2.24) is 14.8 Å². The Balaban J connectivity index is 1.76. The van der Waals surface area contributed by atoms with Crippen molar-refractivity contribution in [2.75, 3.05) is 5.32 Å². The number of amides is 1. The summed E-state index contributed by atoms with van der Waals surface area (Å²) in [6, 6.07) is 15.1. The highest BCUT2D eigenvalue weighted by Crippen LogP contribution is 2.23. The van der Waals surface area contributed by atoms with Crippen molar-refractivity contribution in [3.05, 3.63) is 66.5 Å². The van der Waals surface area contributed by atoms with Crippen molar-refractivity contribution >= 4 is 11.7 Å². The average molecular weight is 336 g/mol. The number of aryl methyl sites for hydroxylation is 1. The van der Waals surface area contributed by atoms with E-state index in [1.165, 1.54) is 0 Å². The Labute approximate surface area is 146 Å². The highest BCUT2D eigenvalue weighted by atomic mass is 16.5. The lowest BCUT2D eigenvalue weighted by molar-refractivity contribution is -0.128. The number of para-hydroxylation sites is 1. The minimum Gasteiger partial charge on any atom is -0.460 e. The molecule has 6 nitrogen and oxygen atoms in total. The van der Waals surface area contributed by atoms with Crippen LogP contribution < -0.4 is 10.1 Å². The van der Waals surface area contributed by atoms with Crippen molar-refractivity contribution in [3.8, 4) is 11.6 Å². The first-order chi connectivity index (χ1) is 12.0. The zero-order chi connectivity index (χ0) is 17.9. The molecule has 3 aromatic rings. The number of hydrogen-bond acceptors (Lipinski definition) is 4. The predicted octanol–water partition coefficient (Wildman–Crippen LogP) is 3.37. The van der Waals surface area contributed by atoms with Crippen LogP contribution in [0.15, 0.2) is 60.9 Å². The van der Waals surface area contributed by atoms with Gasteiger partial charge < -0.3 is 10.1 Å². The molecule has 0 fully saturated rings. The predicted molar refractivity (Wildman–Crippen MR) is 95.9 cm³/mol. The quantitative estimate of drug-likeness (QED) is 0.775. The number of aromatic nitrogens is 3. The monoisotopic (exact) mass is 336 g/mol. The normalized spacial score (nSPS) is 11.2. The number of hydrogen-bond donors (Lipinski definition) is 1. The van der Waals surface area contributed by atoms with Crippen LogP contribution in [0.2, 0.25) is 0 Å². The van der Waals surface area contributed by atoms with Crippen LogP contribution in [-0.2, 0) is 4.79 Å². The van der Waals surface area contributed by atoms with Gasteiger partial charge in [-0.2, -0.15) is 0 Å². The number of carbonyl (C=O) groups is 1. The molecule has 0 aliphatic heterocycles. The Morgan fingerprint density at radius 2 is 1.84 bits per heavy atom. The molecule has 25 heavy (non-hydrogen) atoms. The van der Waals surface area contributed by atoms with E-state index in [0.29, 0.717) is 11.7 Å². The Morgan fingerprint density at radius 1 is 1.12 bits per heavy atom. The van der Waals surface area contributed by atoms with E-state index in [1.807, 2.05) is 49.5 Å². The van der Waals surface area contributed by atoms with E-state index in [-0.39, 0.29) is 5.91 Å². The highest BCUT2D eigenvalue weighted by molar-refractivity contribution is 5.96. The molecule has 0 radical (unpaired) electrons. The average Bonchev–Trinajstić information content (AvgIpc) is 2.97. The second-order valence-corrected chi connectivity index (χ2v) is 6.18. The number of benzene rings is 1. The number of pyridine rings is 1. The summed E-state index contributed by atoms with van der Waals surface area (Å²) in [5, 5.41) is 7.20. The Bertz CT molecular complexity index is 858. The van der Waals surface area contributed by atoms with Gasteiger partial charge in [0.15, 0.2) is 5.60 Å². The summed E-state index contributed by atoms with van der Waals surface area (Å²) >= 11 is 0. The van der Waals surface area contributed by atoms with Gasteiger partial charge in [0, 0.05) is 18.0 Å². The number of nitrogens with zero attached hydrogens (tertiary/aromatic N) is 3. The molecule has 128 valence electrons. The molecule has 0 saturated heterocycles. The van der Waals surface area contributed by atoms with Crippen molar-refractivity contribution < 1.29 is 9.53 Å². The lowest BCUT2D eigenvalue weighted by Crippen LogP contribution is -2.43. The van der Waals surface area contributed by atoms with Gasteiger partial charge in [0.25, 0.3) is 5.91 Å². The summed E-state index contributed by atoms with van der Waals surface area (Å²) < 4.78 is 7.63. The number of carbonyl (C=O) groups excluding carboxylic acids is 1. The van der Waals surface area contributed by atoms with Crippen LogP contribution in [0.25, 0.3) is 5.69 Å². The van der Waals surface area contributed by atoms with Crippen LogP contribution in [0.1, 0.15) is 19.4 Å². The lowest BCUT2D eigenvalue weighted by atomic mass is 10.1. The first-order valence-corrected chi connectivity index (χ1v) is 7.99. The summed E-state index contributed by atoms with van der Waals surface area (Å²) in [5.41, 5.74) is 0.678. The standard InChI is InChI=1S/C19H20N4O2/c1-14-13-23(15-9-5-4-6-10-15)22-17(14)25-19(2,3)18(24)21-16-11-7-8-12-20-16/h4-13H,1-3H3,(H,20,21,24). The van der Waals surface area contributed by atoms with E-state index in [1.54, 1.807) is 36.9 Å². The molecule has 0 saturated carbocycles. The van der Waals surface area contributed by atoms with Crippen LogP contribution in [0.4, 0.5) is 5.82 Å². The topological polar surface area (TPSA) is 69.0 Å². The maximum absolute atomic E-state index is 12.5. The first-order valence-electron chi connectivity index (χ1n) is 7.99. The van der Waals surface area contributed by atoms with Crippen molar-refractivity contribution in [1.29, 1.82) is 0 Å². The molecule has 1 aromatic carbocycles. The minimum absolute atomic E-state index is 0.292. The fraction of sp³-hybridized carbons (Fsp3) is 0.211. The van der Waals surface area contributed by atoms with E-state index in [4.69, 9.17) is 4.74 Å². The summed E-state index contributed by atoms with van der Waals surface area (Å²) in [4.78, 5) is 16.6. The van der Waals surface area contributed by atoms with E-state index in [0.717, 1.165) is 11.3 Å². The fourth-order valence-corrected chi connectivity index (χ4v) is 2.25. The molecule has 0 unspecified atom stereocenters. The third kappa shape index (κ3) is 3.85. The van der Waals surface area contributed by atoms with Crippen molar-refractivity contribution in [2.24, 2.45) is 0 Å². The van der Waals surface area contributed by atoms with Gasteiger partial charge in [-0.05, 0) is 45.0 Å². The number of nitrogens with one attached hydrogen (secondary N) is 1. The first kappa shape index (κ1) is 16.7. The van der Waals surface area contributed by atoms with Gasteiger partial charge in [0.1, 0.15) is 5.82 Å². The molecular formula is C19H20N4O2. The second kappa shape index (κ2) is 6.76. The highest BCUT2D eigenvalue weighted by Gasteiger charge is 2.32.